The summed E-state index contributed by atoms with van der Waals surface area (Å²) in [5.41, 5.74) is 4.85. The summed E-state index contributed by atoms with van der Waals surface area (Å²) in [4.78, 5) is 27.9. The van der Waals surface area contributed by atoms with Crippen LogP contribution < -0.4 is 5.73 Å². The number of nitro groups is 1. The molecule has 0 unspecified atom stereocenters. The fraction of sp³-hybridized carbons (Fsp3) is 0.667. The Morgan fingerprint density at radius 3 is 1.71 bits per heavy atom. The van der Waals surface area contributed by atoms with Crippen LogP contribution in [-0.4, -0.2) is 40.2 Å². The van der Waals surface area contributed by atoms with Crippen molar-refractivity contribution in [1.29, 1.82) is 0 Å². The zero-order chi connectivity index (χ0) is 11.6. The summed E-state index contributed by atoms with van der Waals surface area (Å²) in [5, 5.41) is 25.1. The van der Waals surface area contributed by atoms with Gasteiger partial charge < -0.3 is 15.9 Å². The van der Waals surface area contributed by atoms with Crippen molar-refractivity contribution in [2.24, 2.45) is 5.73 Å². The number of carbonyl (C=O) groups is 2. The highest BCUT2D eigenvalue weighted by Gasteiger charge is 2.01. The first-order valence-electron chi connectivity index (χ1n) is 3.65. The molecule has 0 aromatic heterocycles. The van der Waals surface area contributed by atoms with E-state index in [4.69, 9.17) is 15.9 Å². The van der Waals surface area contributed by atoms with Gasteiger partial charge in [-0.25, -0.2) is 0 Å². The van der Waals surface area contributed by atoms with Crippen LogP contribution in [0.4, 0.5) is 0 Å². The monoisotopic (exact) mass is 208 g/mol. The molecule has 0 saturated carbocycles. The second-order valence-corrected chi connectivity index (χ2v) is 2.13. The standard InChI is InChI=1S/C3H5NO4.C3H7NO2/c5-3(6)1-2-4(7)8;4-2-1-3(5)6/h1-2H2,(H,5,6);1-2,4H2,(H,5,6). The molecule has 0 saturated heterocycles. The van der Waals surface area contributed by atoms with Gasteiger partial charge in [0.05, 0.1) is 6.42 Å². The lowest BCUT2D eigenvalue weighted by atomic mass is 10.4. The van der Waals surface area contributed by atoms with Crippen LogP contribution in [0.2, 0.25) is 0 Å². The average molecular weight is 208 g/mol. The van der Waals surface area contributed by atoms with Crippen LogP contribution in [-0.2, 0) is 9.59 Å². The van der Waals surface area contributed by atoms with Crippen LogP contribution in [0.15, 0.2) is 0 Å². The molecule has 0 aromatic carbocycles. The zero-order valence-electron chi connectivity index (χ0n) is 7.38. The van der Waals surface area contributed by atoms with Crippen molar-refractivity contribution in [2.75, 3.05) is 13.1 Å². The van der Waals surface area contributed by atoms with Crippen LogP contribution in [0.1, 0.15) is 12.8 Å². The first-order valence-corrected chi connectivity index (χ1v) is 3.65. The first-order chi connectivity index (χ1) is 6.40. The highest BCUT2D eigenvalue weighted by Crippen LogP contribution is 1.77. The van der Waals surface area contributed by atoms with Crippen LogP contribution >= 0.6 is 0 Å². The summed E-state index contributed by atoms with van der Waals surface area (Å²) in [7, 11) is 0. The van der Waals surface area contributed by atoms with Gasteiger partial charge in [0.25, 0.3) is 0 Å². The molecule has 0 aliphatic heterocycles. The Kier molecular flexibility index (Phi) is 9.93. The molecule has 0 radical (unpaired) electrons. The fourth-order valence-electron chi connectivity index (χ4n) is 0.310. The molecule has 14 heavy (non-hydrogen) atoms. The minimum atomic E-state index is -1.14. The minimum Gasteiger partial charge on any atom is -0.481 e. The molecule has 0 rings (SSSR count). The van der Waals surface area contributed by atoms with Crippen LogP contribution in [0.3, 0.4) is 0 Å². The van der Waals surface area contributed by atoms with Gasteiger partial charge in [-0.05, 0) is 0 Å². The number of hydrogen-bond donors (Lipinski definition) is 3. The summed E-state index contributed by atoms with van der Waals surface area (Å²) in [6.07, 6.45) is -0.326. The number of hydrogen-bond acceptors (Lipinski definition) is 5. The topological polar surface area (TPSA) is 144 Å². The highest BCUT2D eigenvalue weighted by molar-refractivity contribution is 5.67. The van der Waals surface area contributed by atoms with E-state index in [0.29, 0.717) is 0 Å². The fourth-order valence-corrected chi connectivity index (χ4v) is 0.310. The molecule has 8 nitrogen and oxygen atoms in total. The Hall–Kier alpha value is -1.70. The number of nitrogens with two attached hydrogens (primary N) is 1. The van der Waals surface area contributed by atoms with E-state index >= 15 is 0 Å². The molecule has 0 fully saturated rings. The van der Waals surface area contributed by atoms with Crippen molar-refractivity contribution in [3.05, 3.63) is 10.1 Å². The van der Waals surface area contributed by atoms with E-state index in [1.165, 1.54) is 0 Å². The lowest BCUT2D eigenvalue weighted by Gasteiger charge is -1.84. The molecule has 0 aliphatic rings. The van der Waals surface area contributed by atoms with Gasteiger partial charge in [0.1, 0.15) is 6.42 Å². The Labute approximate surface area is 79.5 Å². The number of aliphatic carboxylic acids is 2. The van der Waals surface area contributed by atoms with Gasteiger partial charge >= 0.3 is 11.9 Å². The van der Waals surface area contributed by atoms with Crippen LogP contribution in [0.5, 0.6) is 0 Å². The third kappa shape index (κ3) is 22.4. The lowest BCUT2D eigenvalue weighted by Crippen LogP contribution is -2.06. The largest absolute Gasteiger partial charge is 0.481 e. The van der Waals surface area contributed by atoms with Gasteiger partial charge in [0.15, 0.2) is 0 Å². The molecular formula is C6H12N2O6. The summed E-state index contributed by atoms with van der Waals surface area (Å²) in [6, 6.07) is 0. The smallest absolute Gasteiger partial charge is 0.310 e. The van der Waals surface area contributed by atoms with E-state index in [9.17, 15) is 19.7 Å². The summed E-state index contributed by atoms with van der Waals surface area (Å²) < 4.78 is 0. The Morgan fingerprint density at radius 2 is 1.64 bits per heavy atom. The van der Waals surface area contributed by atoms with Gasteiger partial charge in [0, 0.05) is 11.5 Å². The minimum absolute atomic E-state index is 0.0694. The molecule has 0 heterocycles. The van der Waals surface area contributed by atoms with E-state index in [0.717, 1.165) is 0 Å². The maximum Gasteiger partial charge on any atom is 0.310 e. The van der Waals surface area contributed by atoms with Crippen molar-refractivity contribution >= 4 is 11.9 Å². The van der Waals surface area contributed by atoms with E-state index in [1.807, 2.05) is 0 Å². The maximum atomic E-state index is 9.60. The van der Waals surface area contributed by atoms with E-state index < -0.39 is 29.8 Å². The molecule has 0 amide bonds. The zero-order valence-corrected chi connectivity index (χ0v) is 7.38. The lowest BCUT2D eigenvalue weighted by molar-refractivity contribution is -0.478. The molecule has 0 atom stereocenters. The summed E-state index contributed by atoms with van der Waals surface area (Å²) in [6.45, 7) is -0.259. The van der Waals surface area contributed by atoms with Crippen molar-refractivity contribution in [3.63, 3.8) is 0 Å². The van der Waals surface area contributed by atoms with Gasteiger partial charge in [0.2, 0.25) is 6.54 Å². The molecule has 0 bridgehead atoms. The van der Waals surface area contributed by atoms with Crippen LogP contribution in [0, 0.1) is 10.1 Å². The molecule has 82 valence electrons. The Morgan fingerprint density at radius 1 is 1.21 bits per heavy atom. The van der Waals surface area contributed by atoms with Crippen molar-refractivity contribution in [1.82, 2.24) is 0 Å². The third-order valence-electron chi connectivity index (χ3n) is 0.866. The van der Waals surface area contributed by atoms with Crippen LogP contribution in [0.25, 0.3) is 0 Å². The molecule has 4 N–H and O–H groups in total. The highest BCUT2D eigenvalue weighted by atomic mass is 16.6. The van der Waals surface area contributed by atoms with Crippen molar-refractivity contribution in [2.45, 2.75) is 12.8 Å². The summed E-state index contributed by atoms with van der Waals surface area (Å²) >= 11 is 0. The Balaban J connectivity index is 0. The van der Waals surface area contributed by atoms with Crippen molar-refractivity contribution in [3.8, 4) is 0 Å². The van der Waals surface area contributed by atoms with Crippen molar-refractivity contribution < 1.29 is 24.7 Å². The number of carboxylic acid groups (broad SMARTS) is 2. The predicted molar refractivity (Wildman–Crippen MR) is 45.4 cm³/mol. The molecular weight excluding hydrogens is 196 g/mol. The quantitative estimate of drug-likeness (QED) is 0.394. The predicted octanol–water partition coefficient (Wildman–Crippen LogP) is -0.842. The summed E-state index contributed by atoms with van der Waals surface area (Å²) in [5.74, 6) is -1.97. The SMILES string of the molecule is NCCC(=O)O.O=C(O)CC[N+](=O)[O-]. The van der Waals surface area contributed by atoms with Gasteiger partial charge in [-0.3, -0.25) is 19.7 Å². The Bertz CT molecular complexity index is 190. The third-order valence-corrected chi connectivity index (χ3v) is 0.866. The average Bonchev–Trinajstić information content (AvgIpc) is 2.01. The maximum absolute atomic E-state index is 9.60. The van der Waals surface area contributed by atoms with Gasteiger partial charge in [-0.15, -0.1) is 0 Å². The number of rotatable bonds is 5. The van der Waals surface area contributed by atoms with Gasteiger partial charge in [-0.2, -0.15) is 0 Å². The number of carboxylic acids is 2. The molecule has 8 heteroatoms. The second-order valence-electron chi connectivity index (χ2n) is 2.13. The second kappa shape index (κ2) is 9.39. The molecule has 0 spiro atoms. The van der Waals surface area contributed by atoms with E-state index in [1.54, 1.807) is 0 Å². The van der Waals surface area contributed by atoms with E-state index in [2.05, 4.69) is 0 Å². The molecule has 0 aliphatic carbocycles. The number of nitrogens with zero attached hydrogens (tertiary/aromatic N) is 1. The normalized spacial score (nSPS) is 8.36. The molecule has 0 aromatic rings. The van der Waals surface area contributed by atoms with E-state index in [-0.39, 0.29) is 13.0 Å². The van der Waals surface area contributed by atoms with Gasteiger partial charge in [-0.1, -0.05) is 0 Å². The first kappa shape index (κ1) is 14.8.